The summed E-state index contributed by atoms with van der Waals surface area (Å²) in [6.07, 6.45) is 1.46. The first-order valence-electron chi connectivity index (χ1n) is 10.3. The number of aromatic nitrogens is 4. The van der Waals surface area contributed by atoms with Gasteiger partial charge in [-0.2, -0.15) is 5.10 Å². The van der Waals surface area contributed by atoms with Gasteiger partial charge < -0.3 is 10.6 Å². The van der Waals surface area contributed by atoms with Crippen molar-refractivity contribution in [1.29, 1.82) is 0 Å². The van der Waals surface area contributed by atoms with Crippen LogP contribution in [0.2, 0.25) is 4.34 Å². The molecule has 4 aromatic rings. The zero-order chi connectivity index (χ0) is 22.2. The van der Waals surface area contributed by atoms with Crippen molar-refractivity contribution < 1.29 is 4.79 Å². The Labute approximate surface area is 194 Å². The number of carbonyl (C=O) groups excluding carboxylic acids is 1. The van der Waals surface area contributed by atoms with Crippen LogP contribution in [0.1, 0.15) is 18.2 Å². The van der Waals surface area contributed by atoms with Gasteiger partial charge in [0.2, 0.25) is 5.91 Å². The van der Waals surface area contributed by atoms with E-state index in [0.717, 1.165) is 43.6 Å². The van der Waals surface area contributed by atoms with Crippen molar-refractivity contribution in [2.24, 2.45) is 0 Å². The van der Waals surface area contributed by atoms with E-state index >= 15 is 0 Å². The van der Waals surface area contributed by atoms with E-state index in [-0.39, 0.29) is 11.9 Å². The van der Waals surface area contributed by atoms with Crippen molar-refractivity contribution in [3.63, 3.8) is 0 Å². The summed E-state index contributed by atoms with van der Waals surface area (Å²) in [7, 11) is 0. The normalized spacial score (nSPS) is 17.4. The zero-order valence-electron chi connectivity index (χ0n) is 17.5. The number of piperazine rings is 1. The molecule has 3 aromatic heterocycles. The van der Waals surface area contributed by atoms with Gasteiger partial charge in [-0.3, -0.25) is 14.8 Å². The Hall–Kier alpha value is -3.01. The van der Waals surface area contributed by atoms with E-state index in [0.29, 0.717) is 25.5 Å². The van der Waals surface area contributed by atoms with Crippen LogP contribution in [0.3, 0.4) is 0 Å². The lowest BCUT2D eigenvalue weighted by Gasteiger charge is -2.39. The standard InChI is InChI=1S/C22H22ClN7OS/c1-13-22(31)30(10-14-2-3-16-17(8-14)25-12-26-21(16)24)7-6-29(13)11-15-9-18(28-27-15)19-4-5-20(23)32-19/h2-5,8-9,12-13H,6-7,10-11H2,1H3,(H,27,28)(H2,24,25,26)/t13-/m0/s1. The molecule has 1 aromatic carbocycles. The minimum Gasteiger partial charge on any atom is -0.383 e. The molecule has 1 atom stereocenters. The maximum Gasteiger partial charge on any atom is 0.239 e. The summed E-state index contributed by atoms with van der Waals surface area (Å²) in [4.78, 5) is 26.5. The number of hydrogen-bond acceptors (Lipinski definition) is 7. The number of thiophene rings is 1. The molecule has 1 saturated heterocycles. The van der Waals surface area contributed by atoms with Crippen LogP contribution in [0.5, 0.6) is 0 Å². The molecule has 5 rings (SSSR count). The lowest BCUT2D eigenvalue weighted by Crippen LogP contribution is -2.54. The molecule has 0 aliphatic carbocycles. The predicted molar refractivity (Wildman–Crippen MR) is 126 cm³/mol. The molecule has 0 unspecified atom stereocenters. The summed E-state index contributed by atoms with van der Waals surface area (Å²) in [6.45, 7) is 4.59. The van der Waals surface area contributed by atoms with Crippen LogP contribution < -0.4 is 5.73 Å². The smallest absolute Gasteiger partial charge is 0.239 e. The third-order valence-corrected chi connectivity index (χ3v) is 7.06. The quantitative estimate of drug-likeness (QED) is 0.465. The van der Waals surface area contributed by atoms with Gasteiger partial charge in [0.15, 0.2) is 0 Å². The molecule has 1 amide bonds. The number of amides is 1. The van der Waals surface area contributed by atoms with E-state index in [1.807, 2.05) is 48.2 Å². The molecular weight excluding hydrogens is 446 g/mol. The molecule has 4 heterocycles. The number of nitrogen functional groups attached to an aromatic ring is 1. The average molecular weight is 468 g/mol. The number of benzene rings is 1. The van der Waals surface area contributed by atoms with Gasteiger partial charge >= 0.3 is 0 Å². The lowest BCUT2D eigenvalue weighted by atomic mass is 10.1. The molecule has 32 heavy (non-hydrogen) atoms. The van der Waals surface area contributed by atoms with Crippen LogP contribution in [-0.2, 0) is 17.9 Å². The summed E-state index contributed by atoms with van der Waals surface area (Å²) >= 11 is 7.53. The number of anilines is 1. The van der Waals surface area contributed by atoms with Crippen molar-refractivity contribution in [2.75, 3.05) is 18.8 Å². The van der Waals surface area contributed by atoms with E-state index < -0.39 is 0 Å². The Morgan fingerprint density at radius 3 is 2.88 bits per heavy atom. The van der Waals surface area contributed by atoms with Gasteiger partial charge in [0.05, 0.1) is 20.8 Å². The fraction of sp³-hybridized carbons (Fsp3) is 0.273. The second-order valence-electron chi connectivity index (χ2n) is 7.90. The first-order valence-corrected chi connectivity index (χ1v) is 11.5. The molecule has 0 bridgehead atoms. The number of H-pyrrole nitrogens is 1. The molecule has 10 heteroatoms. The summed E-state index contributed by atoms with van der Waals surface area (Å²) in [5.74, 6) is 0.576. The Bertz CT molecular complexity index is 1290. The van der Waals surface area contributed by atoms with E-state index in [1.54, 1.807) is 0 Å². The number of aromatic amines is 1. The molecule has 3 N–H and O–H groups in total. The molecule has 1 aliphatic rings. The second-order valence-corrected chi connectivity index (χ2v) is 9.61. The highest BCUT2D eigenvalue weighted by Gasteiger charge is 2.31. The van der Waals surface area contributed by atoms with Crippen molar-refractivity contribution >= 4 is 45.6 Å². The number of nitrogens with zero attached hydrogens (tertiary/aromatic N) is 5. The highest BCUT2D eigenvalue weighted by atomic mass is 35.5. The highest BCUT2D eigenvalue weighted by molar-refractivity contribution is 7.19. The Morgan fingerprint density at radius 2 is 2.06 bits per heavy atom. The number of carbonyl (C=O) groups is 1. The van der Waals surface area contributed by atoms with Gasteiger partial charge in [-0.15, -0.1) is 11.3 Å². The van der Waals surface area contributed by atoms with Gasteiger partial charge in [0.25, 0.3) is 0 Å². The lowest BCUT2D eigenvalue weighted by molar-refractivity contribution is -0.142. The first-order chi connectivity index (χ1) is 15.5. The van der Waals surface area contributed by atoms with Crippen LogP contribution in [-0.4, -0.2) is 55.0 Å². The Balaban J connectivity index is 1.25. The van der Waals surface area contributed by atoms with Crippen LogP contribution in [0.15, 0.2) is 42.7 Å². The fourth-order valence-electron chi connectivity index (χ4n) is 4.03. The van der Waals surface area contributed by atoms with Gasteiger partial charge in [-0.25, -0.2) is 9.97 Å². The summed E-state index contributed by atoms with van der Waals surface area (Å²) in [5.41, 5.74) is 9.57. The largest absolute Gasteiger partial charge is 0.383 e. The molecule has 1 aliphatic heterocycles. The van der Waals surface area contributed by atoms with Crippen molar-refractivity contribution in [3.8, 4) is 10.6 Å². The van der Waals surface area contributed by atoms with Crippen molar-refractivity contribution in [1.82, 2.24) is 30.0 Å². The molecule has 1 fully saturated rings. The van der Waals surface area contributed by atoms with E-state index in [4.69, 9.17) is 17.3 Å². The van der Waals surface area contributed by atoms with Crippen molar-refractivity contribution in [2.45, 2.75) is 26.1 Å². The summed E-state index contributed by atoms with van der Waals surface area (Å²) < 4.78 is 0.738. The number of fused-ring (bicyclic) bond motifs is 1. The molecular formula is C22H22ClN7OS. The maximum absolute atomic E-state index is 13.1. The molecule has 8 nitrogen and oxygen atoms in total. The molecule has 0 spiro atoms. The van der Waals surface area contributed by atoms with E-state index in [1.165, 1.54) is 17.7 Å². The number of nitrogens with two attached hydrogens (primary N) is 1. The van der Waals surface area contributed by atoms with Gasteiger partial charge in [-0.05, 0) is 42.8 Å². The minimum absolute atomic E-state index is 0.114. The van der Waals surface area contributed by atoms with Gasteiger partial charge in [0.1, 0.15) is 17.8 Å². The van der Waals surface area contributed by atoms with Crippen molar-refractivity contribution in [3.05, 3.63) is 58.3 Å². The fourth-order valence-corrected chi connectivity index (χ4v) is 5.03. The predicted octanol–water partition coefficient (Wildman–Crippen LogP) is 3.55. The summed E-state index contributed by atoms with van der Waals surface area (Å²) in [5, 5.41) is 8.31. The van der Waals surface area contributed by atoms with Gasteiger partial charge in [0, 0.05) is 37.3 Å². The number of halogens is 1. The number of hydrogen-bond donors (Lipinski definition) is 2. The Morgan fingerprint density at radius 1 is 1.19 bits per heavy atom. The zero-order valence-corrected chi connectivity index (χ0v) is 19.0. The van der Waals surface area contributed by atoms with Crippen LogP contribution in [0.25, 0.3) is 21.5 Å². The number of rotatable bonds is 5. The van der Waals surface area contributed by atoms with Crippen LogP contribution >= 0.6 is 22.9 Å². The second kappa shape index (κ2) is 8.50. The maximum atomic E-state index is 13.1. The van der Waals surface area contributed by atoms with Crippen LogP contribution in [0.4, 0.5) is 5.82 Å². The highest BCUT2D eigenvalue weighted by Crippen LogP contribution is 2.30. The third kappa shape index (κ3) is 4.06. The Kier molecular flexibility index (Phi) is 5.54. The monoisotopic (exact) mass is 467 g/mol. The molecule has 164 valence electrons. The van der Waals surface area contributed by atoms with E-state index in [2.05, 4.69) is 25.1 Å². The molecule has 0 saturated carbocycles. The average Bonchev–Trinajstić information content (AvgIpc) is 3.42. The van der Waals surface area contributed by atoms with Crippen LogP contribution in [0, 0.1) is 0 Å². The summed E-state index contributed by atoms with van der Waals surface area (Å²) in [6, 6.07) is 11.5. The van der Waals surface area contributed by atoms with Gasteiger partial charge in [-0.1, -0.05) is 17.7 Å². The molecule has 0 radical (unpaired) electrons. The third-order valence-electron chi connectivity index (χ3n) is 5.81. The minimum atomic E-state index is -0.217. The number of nitrogens with one attached hydrogen (secondary N) is 1. The van der Waals surface area contributed by atoms with E-state index in [9.17, 15) is 4.79 Å². The topological polar surface area (TPSA) is 104 Å². The SMILES string of the molecule is C[C@H]1C(=O)N(Cc2ccc3c(N)ncnc3c2)CCN1Cc1cc(-c2ccc(Cl)s2)n[nH]1. The first kappa shape index (κ1) is 20.9.